The van der Waals surface area contributed by atoms with E-state index in [0.29, 0.717) is 18.9 Å². The van der Waals surface area contributed by atoms with Crippen LogP contribution in [0.2, 0.25) is 0 Å². The predicted octanol–water partition coefficient (Wildman–Crippen LogP) is 2.74. The summed E-state index contributed by atoms with van der Waals surface area (Å²) in [6.45, 7) is 2.45. The van der Waals surface area contributed by atoms with Crippen LogP contribution in [0.5, 0.6) is 0 Å². The summed E-state index contributed by atoms with van der Waals surface area (Å²) < 4.78 is 19.2. The summed E-state index contributed by atoms with van der Waals surface area (Å²) in [5.74, 6) is 0.372. The van der Waals surface area contributed by atoms with Gasteiger partial charge in [0, 0.05) is 0 Å². The van der Waals surface area contributed by atoms with Crippen LogP contribution in [0, 0.1) is 11.7 Å². The minimum atomic E-state index is -0.437. The van der Waals surface area contributed by atoms with Gasteiger partial charge in [0.25, 0.3) is 0 Å². The van der Waals surface area contributed by atoms with E-state index in [1.165, 1.54) is 18.9 Å². The minimum Gasteiger partial charge on any atom is -0.368 e. The Kier molecular flexibility index (Phi) is 3.74. The standard InChI is InChI=1S/C16H20FNO2/c1-10(20-9-11-5-6-11)16(19)18-15-8-7-12-13(15)3-2-4-14(12)17/h2-4,10-11,15H,5-9H2,1H3,(H,18,19)/t10-,15-/m1/s1. The van der Waals surface area contributed by atoms with E-state index in [-0.39, 0.29) is 17.8 Å². The monoisotopic (exact) mass is 277 g/mol. The molecule has 1 saturated carbocycles. The van der Waals surface area contributed by atoms with Gasteiger partial charge in [-0.3, -0.25) is 4.79 Å². The van der Waals surface area contributed by atoms with Gasteiger partial charge in [-0.1, -0.05) is 12.1 Å². The maximum atomic E-state index is 13.6. The number of benzene rings is 1. The fourth-order valence-electron chi connectivity index (χ4n) is 2.69. The second-order valence-electron chi connectivity index (χ2n) is 5.83. The molecule has 20 heavy (non-hydrogen) atoms. The molecular formula is C16H20FNO2. The number of nitrogens with one attached hydrogen (secondary N) is 1. The van der Waals surface area contributed by atoms with Crippen molar-refractivity contribution in [3.8, 4) is 0 Å². The lowest BCUT2D eigenvalue weighted by atomic mass is 10.1. The quantitative estimate of drug-likeness (QED) is 0.898. The first kappa shape index (κ1) is 13.6. The fraction of sp³-hybridized carbons (Fsp3) is 0.562. The third-order valence-electron chi connectivity index (χ3n) is 4.18. The van der Waals surface area contributed by atoms with Crippen molar-refractivity contribution < 1.29 is 13.9 Å². The second-order valence-corrected chi connectivity index (χ2v) is 5.83. The Balaban J connectivity index is 1.58. The SMILES string of the molecule is C[C@@H](OCC1CC1)C(=O)N[C@@H]1CCc2c(F)cccc21. The first-order valence-corrected chi connectivity index (χ1v) is 7.34. The summed E-state index contributed by atoms with van der Waals surface area (Å²) in [4.78, 5) is 12.1. The Morgan fingerprint density at radius 2 is 2.25 bits per heavy atom. The van der Waals surface area contributed by atoms with E-state index in [1.54, 1.807) is 13.0 Å². The van der Waals surface area contributed by atoms with Gasteiger partial charge in [-0.2, -0.15) is 0 Å². The summed E-state index contributed by atoms with van der Waals surface area (Å²) >= 11 is 0. The minimum absolute atomic E-state index is 0.0832. The average molecular weight is 277 g/mol. The maximum Gasteiger partial charge on any atom is 0.249 e. The van der Waals surface area contributed by atoms with E-state index in [2.05, 4.69) is 5.32 Å². The highest BCUT2D eigenvalue weighted by atomic mass is 19.1. The third kappa shape index (κ3) is 2.85. The van der Waals surface area contributed by atoms with E-state index in [0.717, 1.165) is 17.5 Å². The highest BCUT2D eigenvalue weighted by Gasteiger charge is 2.28. The number of hydrogen-bond donors (Lipinski definition) is 1. The molecule has 1 N–H and O–H groups in total. The van der Waals surface area contributed by atoms with Crippen LogP contribution in [0.25, 0.3) is 0 Å². The molecule has 3 nitrogen and oxygen atoms in total. The van der Waals surface area contributed by atoms with Crippen LogP contribution in [0.3, 0.4) is 0 Å². The Morgan fingerprint density at radius 3 is 3.00 bits per heavy atom. The van der Waals surface area contributed by atoms with Gasteiger partial charge in [0.05, 0.1) is 12.6 Å². The van der Waals surface area contributed by atoms with Gasteiger partial charge in [0.1, 0.15) is 11.9 Å². The zero-order chi connectivity index (χ0) is 14.1. The van der Waals surface area contributed by atoms with Crippen LogP contribution in [0.15, 0.2) is 18.2 Å². The van der Waals surface area contributed by atoms with Crippen LogP contribution in [0.4, 0.5) is 4.39 Å². The van der Waals surface area contributed by atoms with Gasteiger partial charge in [-0.25, -0.2) is 4.39 Å². The molecule has 2 aliphatic carbocycles. The highest BCUT2D eigenvalue weighted by Crippen LogP contribution is 2.33. The number of fused-ring (bicyclic) bond motifs is 1. The van der Waals surface area contributed by atoms with Crippen molar-refractivity contribution in [1.82, 2.24) is 5.32 Å². The molecule has 0 aromatic heterocycles. The van der Waals surface area contributed by atoms with Crippen molar-refractivity contribution in [3.05, 3.63) is 35.1 Å². The molecule has 108 valence electrons. The molecule has 4 heteroatoms. The normalized spacial score (nSPS) is 22.4. The molecule has 3 rings (SSSR count). The van der Waals surface area contributed by atoms with Crippen molar-refractivity contribution in [1.29, 1.82) is 0 Å². The predicted molar refractivity (Wildman–Crippen MR) is 73.7 cm³/mol. The van der Waals surface area contributed by atoms with Crippen LogP contribution in [-0.2, 0) is 16.0 Å². The lowest BCUT2D eigenvalue weighted by Crippen LogP contribution is -2.36. The molecule has 2 atom stereocenters. The molecule has 0 radical (unpaired) electrons. The van der Waals surface area contributed by atoms with Crippen LogP contribution < -0.4 is 5.32 Å². The topological polar surface area (TPSA) is 38.3 Å². The molecule has 2 aliphatic rings. The lowest BCUT2D eigenvalue weighted by Gasteiger charge is -2.18. The Labute approximate surface area is 118 Å². The zero-order valence-electron chi connectivity index (χ0n) is 11.7. The van der Waals surface area contributed by atoms with Crippen molar-refractivity contribution in [2.75, 3.05) is 6.61 Å². The maximum absolute atomic E-state index is 13.6. The number of halogens is 1. The van der Waals surface area contributed by atoms with E-state index in [1.807, 2.05) is 6.07 Å². The van der Waals surface area contributed by atoms with Gasteiger partial charge >= 0.3 is 0 Å². The summed E-state index contributed by atoms with van der Waals surface area (Å²) in [6, 6.07) is 4.99. The van der Waals surface area contributed by atoms with Crippen molar-refractivity contribution >= 4 is 5.91 Å². The van der Waals surface area contributed by atoms with Gasteiger partial charge in [0.2, 0.25) is 5.91 Å². The summed E-state index contributed by atoms with van der Waals surface area (Å²) in [5.41, 5.74) is 1.65. The highest BCUT2D eigenvalue weighted by molar-refractivity contribution is 5.81. The first-order valence-electron chi connectivity index (χ1n) is 7.34. The van der Waals surface area contributed by atoms with E-state index < -0.39 is 6.10 Å². The van der Waals surface area contributed by atoms with Crippen molar-refractivity contribution in [2.45, 2.75) is 44.8 Å². The van der Waals surface area contributed by atoms with Crippen molar-refractivity contribution in [3.63, 3.8) is 0 Å². The summed E-state index contributed by atoms with van der Waals surface area (Å²) in [7, 11) is 0. The number of rotatable bonds is 5. The van der Waals surface area contributed by atoms with E-state index in [9.17, 15) is 9.18 Å². The Morgan fingerprint density at radius 1 is 1.45 bits per heavy atom. The molecular weight excluding hydrogens is 257 g/mol. The number of carbonyl (C=O) groups excluding carboxylic acids is 1. The van der Waals surface area contributed by atoms with Crippen LogP contribution in [0.1, 0.15) is 43.4 Å². The Bertz CT molecular complexity index is 513. The van der Waals surface area contributed by atoms with Crippen molar-refractivity contribution in [2.24, 2.45) is 5.92 Å². The van der Waals surface area contributed by atoms with E-state index >= 15 is 0 Å². The second kappa shape index (κ2) is 5.52. The molecule has 0 aliphatic heterocycles. The molecule has 0 spiro atoms. The molecule has 0 bridgehead atoms. The van der Waals surface area contributed by atoms with Crippen LogP contribution >= 0.6 is 0 Å². The molecule has 1 amide bonds. The Hall–Kier alpha value is -1.42. The van der Waals surface area contributed by atoms with Gasteiger partial charge < -0.3 is 10.1 Å². The molecule has 0 saturated heterocycles. The summed E-state index contributed by atoms with van der Waals surface area (Å²) in [5, 5.41) is 2.98. The third-order valence-corrected chi connectivity index (χ3v) is 4.18. The summed E-state index contributed by atoms with van der Waals surface area (Å²) in [6.07, 6.45) is 3.43. The lowest BCUT2D eigenvalue weighted by molar-refractivity contribution is -0.132. The molecule has 1 aromatic carbocycles. The van der Waals surface area contributed by atoms with Gasteiger partial charge in [-0.15, -0.1) is 0 Å². The smallest absolute Gasteiger partial charge is 0.249 e. The zero-order valence-corrected chi connectivity index (χ0v) is 11.7. The van der Waals surface area contributed by atoms with Gasteiger partial charge in [-0.05, 0) is 55.7 Å². The number of ether oxygens (including phenoxy) is 1. The van der Waals surface area contributed by atoms with Crippen LogP contribution in [-0.4, -0.2) is 18.6 Å². The number of carbonyl (C=O) groups is 1. The fourth-order valence-corrected chi connectivity index (χ4v) is 2.69. The molecule has 1 aromatic rings. The number of hydrogen-bond acceptors (Lipinski definition) is 2. The molecule has 1 fully saturated rings. The molecule has 0 heterocycles. The largest absolute Gasteiger partial charge is 0.368 e. The van der Waals surface area contributed by atoms with Gasteiger partial charge in [0.15, 0.2) is 0 Å². The van der Waals surface area contributed by atoms with E-state index in [4.69, 9.17) is 4.74 Å². The average Bonchev–Trinajstić information content (AvgIpc) is 3.18. The number of amides is 1. The molecule has 0 unspecified atom stereocenters. The first-order chi connectivity index (χ1) is 9.65.